The van der Waals surface area contributed by atoms with Gasteiger partial charge in [0.15, 0.2) is 0 Å². The van der Waals surface area contributed by atoms with Gasteiger partial charge in [0.05, 0.1) is 4.90 Å². The van der Waals surface area contributed by atoms with Crippen LogP contribution in [0.25, 0.3) is 0 Å². The van der Waals surface area contributed by atoms with E-state index in [2.05, 4.69) is 20.7 Å². The van der Waals surface area contributed by atoms with Gasteiger partial charge in [0.2, 0.25) is 10.0 Å². The Kier molecular flexibility index (Phi) is 3.36. The second kappa shape index (κ2) is 4.37. The Balaban J connectivity index is 2.24. The molecule has 94 valence electrons. The van der Waals surface area contributed by atoms with Gasteiger partial charge in [0.25, 0.3) is 0 Å². The first-order valence-corrected chi connectivity index (χ1v) is 7.88. The first kappa shape index (κ1) is 13.1. The Hall–Kier alpha value is -0.390. The molecule has 1 fully saturated rings. The van der Waals surface area contributed by atoms with Crippen LogP contribution in [-0.2, 0) is 10.0 Å². The summed E-state index contributed by atoms with van der Waals surface area (Å²) in [6, 6.07) is 6.76. The van der Waals surface area contributed by atoms with Crippen molar-refractivity contribution in [3.05, 3.63) is 28.7 Å². The van der Waals surface area contributed by atoms with Crippen molar-refractivity contribution in [1.82, 2.24) is 4.72 Å². The van der Waals surface area contributed by atoms with E-state index in [4.69, 9.17) is 0 Å². The highest BCUT2D eigenvalue weighted by Crippen LogP contribution is 2.39. The zero-order valence-electron chi connectivity index (χ0n) is 9.90. The summed E-state index contributed by atoms with van der Waals surface area (Å²) in [5, 5.41) is 0. The van der Waals surface area contributed by atoms with E-state index in [-0.39, 0.29) is 5.54 Å². The van der Waals surface area contributed by atoms with Crippen LogP contribution in [0.5, 0.6) is 0 Å². The van der Waals surface area contributed by atoms with Crippen molar-refractivity contribution in [3.8, 4) is 0 Å². The summed E-state index contributed by atoms with van der Waals surface area (Å²) in [5.74, 6) is 0.462. The van der Waals surface area contributed by atoms with Crippen LogP contribution in [-0.4, -0.2) is 14.0 Å². The molecule has 0 spiro atoms. The molecule has 1 aromatic carbocycles. The lowest BCUT2D eigenvalue weighted by atomic mass is 10.0. The van der Waals surface area contributed by atoms with Crippen molar-refractivity contribution in [3.63, 3.8) is 0 Å². The van der Waals surface area contributed by atoms with E-state index in [1.165, 1.54) is 0 Å². The van der Waals surface area contributed by atoms with E-state index < -0.39 is 10.0 Å². The summed E-state index contributed by atoms with van der Waals surface area (Å²) in [6.45, 7) is 3.89. The zero-order chi connectivity index (χ0) is 12.7. The standard InChI is InChI=1S/C12H16BrNO2S/c1-12(2,9-6-7-9)14-17(15,16)11-5-3-4-10(13)8-11/h3-5,8-9,14H,6-7H2,1-2H3. The third-order valence-corrected chi connectivity index (χ3v) is 5.26. The largest absolute Gasteiger partial charge is 0.241 e. The molecule has 0 heterocycles. The molecule has 17 heavy (non-hydrogen) atoms. The first-order chi connectivity index (χ1) is 7.81. The van der Waals surface area contributed by atoms with Gasteiger partial charge in [0.1, 0.15) is 0 Å². The molecule has 0 atom stereocenters. The number of benzene rings is 1. The monoisotopic (exact) mass is 317 g/mol. The molecule has 1 aromatic rings. The van der Waals surface area contributed by atoms with Crippen LogP contribution in [0.1, 0.15) is 26.7 Å². The fourth-order valence-electron chi connectivity index (χ4n) is 1.93. The minimum Gasteiger partial charge on any atom is -0.207 e. The van der Waals surface area contributed by atoms with Crippen molar-refractivity contribution in [2.45, 2.75) is 37.1 Å². The minimum absolute atomic E-state index is 0.306. The number of sulfonamides is 1. The molecule has 1 saturated carbocycles. The van der Waals surface area contributed by atoms with Gasteiger partial charge in [-0.2, -0.15) is 0 Å². The molecule has 1 N–H and O–H groups in total. The molecular weight excluding hydrogens is 302 g/mol. The van der Waals surface area contributed by atoms with Gasteiger partial charge in [0, 0.05) is 10.0 Å². The molecule has 0 saturated heterocycles. The summed E-state index contributed by atoms with van der Waals surface area (Å²) in [7, 11) is -3.43. The van der Waals surface area contributed by atoms with Crippen LogP contribution in [0.4, 0.5) is 0 Å². The maximum atomic E-state index is 12.2. The zero-order valence-corrected chi connectivity index (χ0v) is 12.3. The van der Waals surface area contributed by atoms with E-state index in [1.54, 1.807) is 18.2 Å². The van der Waals surface area contributed by atoms with Crippen molar-refractivity contribution in [2.24, 2.45) is 5.92 Å². The summed E-state index contributed by atoms with van der Waals surface area (Å²) in [5.41, 5.74) is -0.360. The molecule has 0 radical (unpaired) electrons. The molecular formula is C12H16BrNO2S. The highest BCUT2D eigenvalue weighted by Gasteiger charge is 2.40. The average Bonchev–Trinajstić information content (AvgIpc) is 2.99. The predicted molar refractivity (Wildman–Crippen MR) is 71.3 cm³/mol. The maximum absolute atomic E-state index is 12.2. The summed E-state index contributed by atoms with van der Waals surface area (Å²) in [4.78, 5) is 0.306. The molecule has 1 aliphatic rings. The lowest BCUT2D eigenvalue weighted by molar-refractivity contribution is 0.400. The molecule has 2 rings (SSSR count). The number of rotatable bonds is 4. The van der Waals surface area contributed by atoms with Crippen LogP contribution in [0.3, 0.4) is 0 Å². The van der Waals surface area contributed by atoms with E-state index in [1.807, 2.05) is 19.9 Å². The lowest BCUT2D eigenvalue weighted by Crippen LogP contribution is -2.45. The van der Waals surface area contributed by atoms with Crippen molar-refractivity contribution < 1.29 is 8.42 Å². The lowest BCUT2D eigenvalue weighted by Gasteiger charge is -2.25. The van der Waals surface area contributed by atoms with Gasteiger partial charge in [-0.1, -0.05) is 22.0 Å². The SMILES string of the molecule is CC(C)(NS(=O)(=O)c1cccc(Br)c1)C1CC1. The van der Waals surface area contributed by atoms with Crippen molar-refractivity contribution in [1.29, 1.82) is 0 Å². The first-order valence-electron chi connectivity index (χ1n) is 5.61. The van der Waals surface area contributed by atoms with Crippen LogP contribution in [0.2, 0.25) is 0 Å². The van der Waals surface area contributed by atoms with E-state index >= 15 is 0 Å². The van der Waals surface area contributed by atoms with Crippen LogP contribution >= 0.6 is 15.9 Å². The summed E-state index contributed by atoms with van der Waals surface area (Å²) >= 11 is 3.28. The van der Waals surface area contributed by atoms with E-state index in [0.29, 0.717) is 10.8 Å². The number of halogens is 1. The molecule has 1 aliphatic carbocycles. The third-order valence-electron chi connectivity index (χ3n) is 3.10. The number of hydrogen-bond donors (Lipinski definition) is 1. The molecule has 5 heteroatoms. The Morgan fingerprint density at radius 2 is 2.00 bits per heavy atom. The van der Waals surface area contributed by atoms with Gasteiger partial charge < -0.3 is 0 Å². The normalized spacial score (nSPS) is 17.1. The Morgan fingerprint density at radius 1 is 1.35 bits per heavy atom. The number of nitrogens with one attached hydrogen (secondary N) is 1. The summed E-state index contributed by atoms with van der Waals surface area (Å²) in [6.07, 6.45) is 2.21. The van der Waals surface area contributed by atoms with Crippen molar-refractivity contribution in [2.75, 3.05) is 0 Å². The molecule has 0 aliphatic heterocycles. The third kappa shape index (κ3) is 3.09. The second-order valence-corrected chi connectivity index (χ2v) is 7.66. The van der Waals surface area contributed by atoms with Gasteiger partial charge in [-0.3, -0.25) is 0 Å². The Bertz CT molecular complexity index is 521. The van der Waals surface area contributed by atoms with E-state index in [9.17, 15) is 8.42 Å². The van der Waals surface area contributed by atoms with Crippen LogP contribution < -0.4 is 4.72 Å². The smallest absolute Gasteiger partial charge is 0.207 e. The highest BCUT2D eigenvalue weighted by atomic mass is 79.9. The predicted octanol–water partition coefficient (Wildman–Crippen LogP) is 2.92. The average molecular weight is 318 g/mol. The molecule has 0 aromatic heterocycles. The van der Waals surface area contributed by atoms with Crippen LogP contribution in [0, 0.1) is 5.92 Å². The second-order valence-electron chi connectivity index (χ2n) is 5.06. The van der Waals surface area contributed by atoms with Gasteiger partial charge in [-0.15, -0.1) is 0 Å². The molecule has 0 unspecified atom stereocenters. The Morgan fingerprint density at radius 3 is 2.53 bits per heavy atom. The number of hydrogen-bond acceptors (Lipinski definition) is 2. The summed E-state index contributed by atoms with van der Waals surface area (Å²) < 4.78 is 28.0. The maximum Gasteiger partial charge on any atom is 0.241 e. The topological polar surface area (TPSA) is 46.2 Å². The van der Waals surface area contributed by atoms with Gasteiger partial charge in [-0.05, 0) is 50.8 Å². The molecule has 3 nitrogen and oxygen atoms in total. The van der Waals surface area contributed by atoms with Crippen LogP contribution in [0.15, 0.2) is 33.6 Å². The quantitative estimate of drug-likeness (QED) is 0.928. The fourth-order valence-corrected chi connectivity index (χ4v) is 4.00. The Labute approximate surface area is 111 Å². The molecule has 0 bridgehead atoms. The fraction of sp³-hybridized carbons (Fsp3) is 0.500. The molecule has 0 amide bonds. The van der Waals surface area contributed by atoms with E-state index in [0.717, 1.165) is 17.3 Å². The van der Waals surface area contributed by atoms with Crippen molar-refractivity contribution >= 4 is 26.0 Å². The highest BCUT2D eigenvalue weighted by molar-refractivity contribution is 9.10. The minimum atomic E-state index is -3.43. The van der Waals surface area contributed by atoms with Gasteiger partial charge >= 0.3 is 0 Å². The van der Waals surface area contributed by atoms with Gasteiger partial charge in [-0.25, -0.2) is 13.1 Å².